The number of phosphoric ester groups is 1. The largest absolute Gasteiger partial charge is 0.472 e. The lowest BCUT2D eigenvalue weighted by Gasteiger charge is -2.26. The highest BCUT2D eigenvalue weighted by atomic mass is 31.2. The minimum atomic E-state index is -4.33. The molecule has 0 aliphatic rings. The van der Waals surface area contributed by atoms with Gasteiger partial charge in [-0.25, -0.2) is 4.57 Å². The average molecular weight is 1130 g/mol. The fourth-order valence-corrected chi connectivity index (χ4v) is 12.1. The number of aliphatic hydroxyl groups is 1. The topological polar surface area (TPSA) is 105 Å². The van der Waals surface area contributed by atoms with Gasteiger partial charge in [0.25, 0.3) is 0 Å². The number of rotatable bonds is 67. The Morgan fingerprint density at radius 2 is 0.615 bits per heavy atom. The molecule has 3 N–H and O–H groups in total. The highest BCUT2D eigenvalue weighted by molar-refractivity contribution is 7.47. The van der Waals surface area contributed by atoms with Crippen LogP contribution in [0.5, 0.6) is 0 Å². The molecule has 0 saturated heterocycles. The average Bonchev–Trinajstić information content (AvgIpc) is 3.41. The van der Waals surface area contributed by atoms with Crippen molar-refractivity contribution in [3.63, 3.8) is 0 Å². The van der Waals surface area contributed by atoms with E-state index in [1.54, 1.807) is 0 Å². The van der Waals surface area contributed by atoms with Gasteiger partial charge in [0.15, 0.2) is 0 Å². The van der Waals surface area contributed by atoms with E-state index in [1.165, 1.54) is 321 Å². The zero-order valence-electron chi connectivity index (χ0n) is 53.7. The van der Waals surface area contributed by atoms with Gasteiger partial charge in [-0.05, 0) is 12.8 Å². The van der Waals surface area contributed by atoms with Crippen molar-refractivity contribution in [1.82, 2.24) is 5.32 Å². The maximum absolute atomic E-state index is 13.1. The summed E-state index contributed by atoms with van der Waals surface area (Å²) in [5.41, 5.74) is 0. The fraction of sp³-hybridized carbons (Fsp3) is 0.986. The van der Waals surface area contributed by atoms with Gasteiger partial charge < -0.3 is 19.8 Å². The van der Waals surface area contributed by atoms with Gasteiger partial charge in [-0.15, -0.1) is 0 Å². The van der Waals surface area contributed by atoms with Crippen LogP contribution in [-0.2, 0) is 18.4 Å². The van der Waals surface area contributed by atoms with Gasteiger partial charge in [-0.2, -0.15) is 0 Å². The van der Waals surface area contributed by atoms with Crippen LogP contribution in [0.1, 0.15) is 386 Å². The molecule has 0 spiro atoms. The number of aliphatic hydroxyl groups excluding tert-OH is 1. The molecular formula is C69H142N2O6P+. The van der Waals surface area contributed by atoms with E-state index in [2.05, 4.69) is 19.2 Å². The number of carbonyl (C=O) groups is 1. The molecule has 0 aliphatic heterocycles. The number of phosphoric acid groups is 1. The third-order valence-corrected chi connectivity index (χ3v) is 17.8. The first-order chi connectivity index (χ1) is 38.0. The van der Waals surface area contributed by atoms with Crippen LogP contribution in [0.2, 0.25) is 0 Å². The van der Waals surface area contributed by atoms with Crippen molar-refractivity contribution in [2.24, 2.45) is 0 Å². The van der Waals surface area contributed by atoms with Crippen LogP contribution in [0.15, 0.2) is 0 Å². The zero-order chi connectivity index (χ0) is 57.0. The second-order valence-corrected chi connectivity index (χ2v) is 27.4. The standard InChI is InChI=1S/C69H141N2O6P/c1-6-8-10-12-14-16-18-20-22-24-26-28-30-32-34-35-36-37-39-41-43-45-47-49-51-53-55-57-59-61-63-69(73)70-67(66-77-78(74,75)76-65-64-71(3,4)5)68(72)62-60-58-56-54-52-50-48-46-44-42-40-38-33-31-29-27-25-23-21-19-17-15-13-11-9-7-2/h67-68,72H,6-66H2,1-5H3,(H-,70,73,74,75)/p+1. The van der Waals surface area contributed by atoms with E-state index in [0.717, 1.165) is 38.5 Å². The molecule has 8 nitrogen and oxygen atoms in total. The first kappa shape index (κ1) is 77.5. The number of quaternary nitrogens is 1. The molecule has 0 radical (unpaired) electrons. The van der Waals surface area contributed by atoms with Gasteiger partial charge >= 0.3 is 7.82 Å². The summed E-state index contributed by atoms with van der Waals surface area (Å²) in [6.07, 6.45) is 76.4. The molecule has 9 heteroatoms. The summed E-state index contributed by atoms with van der Waals surface area (Å²) in [5, 5.41) is 14.2. The smallest absolute Gasteiger partial charge is 0.391 e. The van der Waals surface area contributed by atoms with E-state index in [4.69, 9.17) is 9.05 Å². The second-order valence-electron chi connectivity index (χ2n) is 26.0. The maximum Gasteiger partial charge on any atom is 0.472 e. The van der Waals surface area contributed by atoms with E-state index in [-0.39, 0.29) is 19.1 Å². The summed E-state index contributed by atoms with van der Waals surface area (Å²) in [4.78, 5) is 23.5. The van der Waals surface area contributed by atoms with E-state index >= 15 is 0 Å². The predicted octanol–water partition coefficient (Wildman–Crippen LogP) is 22.3. The highest BCUT2D eigenvalue weighted by Crippen LogP contribution is 2.43. The number of unbranched alkanes of at least 4 members (excludes halogenated alkanes) is 54. The van der Waals surface area contributed by atoms with E-state index in [0.29, 0.717) is 23.9 Å². The number of hydrogen-bond donors (Lipinski definition) is 3. The molecule has 0 bridgehead atoms. The fourth-order valence-electron chi connectivity index (χ4n) is 11.3. The number of likely N-dealkylation sites (N-methyl/N-ethyl adjacent to an activating group) is 1. The molecule has 0 aliphatic carbocycles. The van der Waals surface area contributed by atoms with Gasteiger partial charge in [0.1, 0.15) is 13.2 Å². The number of carbonyl (C=O) groups excluding carboxylic acids is 1. The van der Waals surface area contributed by atoms with Crippen molar-refractivity contribution in [1.29, 1.82) is 0 Å². The predicted molar refractivity (Wildman–Crippen MR) is 342 cm³/mol. The van der Waals surface area contributed by atoms with Gasteiger partial charge in [-0.1, -0.05) is 367 Å². The molecule has 3 atom stereocenters. The maximum atomic E-state index is 13.1. The monoisotopic (exact) mass is 1130 g/mol. The SMILES string of the molecule is CCCCCCCCCCCCCCCCCCCCCCCCCCCCCCCCC(=O)NC(COP(=O)(O)OCC[N+](C)(C)C)C(O)CCCCCCCCCCCCCCCCCCCCCCCCCCCC. The Hall–Kier alpha value is -0.500. The Bertz CT molecular complexity index is 1230. The van der Waals surface area contributed by atoms with Crippen LogP contribution < -0.4 is 5.32 Å². The normalized spacial score (nSPS) is 13.6. The van der Waals surface area contributed by atoms with Crippen LogP contribution in [-0.4, -0.2) is 73.4 Å². The third-order valence-electron chi connectivity index (χ3n) is 16.9. The molecule has 78 heavy (non-hydrogen) atoms. The quantitative estimate of drug-likeness (QED) is 0.0318. The van der Waals surface area contributed by atoms with Crippen LogP contribution in [0, 0.1) is 0 Å². The third kappa shape index (κ3) is 63.1. The van der Waals surface area contributed by atoms with Crippen molar-refractivity contribution in [2.45, 2.75) is 398 Å². The summed E-state index contributed by atoms with van der Waals surface area (Å²) in [6.45, 7) is 4.97. The van der Waals surface area contributed by atoms with Crippen LogP contribution in [0.3, 0.4) is 0 Å². The van der Waals surface area contributed by atoms with Gasteiger partial charge in [-0.3, -0.25) is 13.8 Å². The number of nitrogens with zero attached hydrogens (tertiary/aromatic N) is 1. The molecule has 0 aromatic carbocycles. The van der Waals surface area contributed by atoms with Gasteiger partial charge in [0.05, 0.1) is 39.9 Å². The molecule has 1 amide bonds. The van der Waals surface area contributed by atoms with Crippen LogP contribution in [0.4, 0.5) is 0 Å². The number of amides is 1. The summed E-state index contributed by atoms with van der Waals surface area (Å²) in [7, 11) is 1.64. The molecule has 0 aromatic heterocycles. The van der Waals surface area contributed by atoms with E-state index in [9.17, 15) is 19.4 Å². The summed E-state index contributed by atoms with van der Waals surface area (Å²) in [6, 6.07) is -0.757. The molecular weight excluding hydrogens is 984 g/mol. The summed E-state index contributed by atoms with van der Waals surface area (Å²) >= 11 is 0. The Balaban J connectivity index is 3.98. The zero-order valence-corrected chi connectivity index (χ0v) is 54.6. The van der Waals surface area contributed by atoms with Crippen LogP contribution in [0.25, 0.3) is 0 Å². The molecule has 0 heterocycles. The van der Waals surface area contributed by atoms with Crippen molar-refractivity contribution in [3.8, 4) is 0 Å². The van der Waals surface area contributed by atoms with Crippen LogP contribution >= 0.6 is 7.82 Å². The minimum absolute atomic E-state index is 0.0795. The highest BCUT2D eigenvalue weighted by Gasteiger charge is 2.28. The molecule has 0 fully saturated rings. The van der Waals surface area contributed by atoms with E-state index < -0.39 is 20.0 Å². The number of nitrogens with one attached hydrogen (secondary N) is 1. The molecule has 0 rings (SSSR count). The summed E-state index contributed by atoms with van der Waals surface area (Å²) < 4.78 is 23.9. The van der Waals surface area contributed by atoms with Crippen molar-refractivity contribution in [2.75, 3.05) is 40.9 Å². The molecule has 3 unspecified atom stereocenters. The van der Waals surface area contributed by atoms with Crippen molar-refractivity contribution >= 4 is 13.7 Å². The van der Waals surface area contributed by atoms with Crippen molar-refractivity contribution in [3.05, 3.63) is 0 Å². The Kier molecular flexibility index (Phi) is 60.7. The summed E-state index contributed by atoms with van der Waals surface area (Å²) in [5.74, 6) is -0.133. The first-order valence-corrected chi connectivity index (χ1v) is 36.9. The van der Waals surface area contributed by atoms with E-state index in [1.807, 2.05) is 21.1 Å². The second kappa shape index (κ2) is 61.1. The Morgan fingerprint density at radius 3 is 0.859 bits per heavy atom. The van der Waals surface area contributed by atoms with Gasteiger partial charge in [0, 0.05) is 6.42 Å². The minimum Gasteiger partial charge on any atom is -0.391 e. The lowest BCUT2D eigenvalue weighted by atomic mass is 10.0. The van der Waals surface area contributed by atoms with Crippen molar-refractivity contribution < 1.29 is 32.9 Å². The molecule has 0 saturated carbocycles. The Labute approximate surface area is 489 Å². The lowest BCUT2D eigenvalue weighted by molar-refractivity contribution is -0.870. The van der Waals surface area contributed by atoms with Gasteiger partial charge in [0.2, 0.25) is 5.91 Å². The number of hydrogen-bond acceptors (Lipinski definition) is 5. The molecule has 0 aromatic rings. The lowest BCUT2D eigenvalue weighted by Crippen LogP contribution is -2.46. The Morgan fingerprint density at radius 1 is 0.385 bits per heavy atom. The first-order valence-electron chi connectivity index (χ1n) is 35.4. The molecule has 468 valence electrons.